The van der Waals surface area contributed by atoms with Crippen LogP contribution in [0, 0.1) is 17.0 Å². The second kappa shape index (κ2) is 7.41. The van der Waals surface area contributed by atoms with Gasteiger partial charge >= 0.3 is 0 Å². The van der Waals surface area contributed by atoms with E-state index >= 15 is 0 Å². The van der Waals surface area contributed by atoms with Gasteiger partial charge in [-0.3, -0.25) is 30.6 Å². The largest absolute Gasteiger partial charge is 0.279 e. The molecule has 0 aliphatic carbocycles. The van der Waals surface area contributed by atoms with Gasteiger partial charge in [0.1, 0.15) is 0 Å². The van der Waals surface area contributed by atoms with Crippen LogP contribution in [0.2, 0.25) is 5.02 Å². The first-order valence-electron chi connectivity index (χ1n) is 6.97. The smallest absolute Gasteiger partial charge is 0.267 e. The van der Waals surface area contributed by atoms with E-state index in [1.807, 2.05) is 13.8 Å². The minimum Gasteiger partial charge on any atom is -0.267 e. The van der Waals surface area contributed by atoms with Crippen molar-refractivity contribution >= 4 is 40.4 Å². The fourth-order valence-electron chi connectivity index (χ4n) is 2.03. The van der Waals surface area contributed by atoms with Gasteiger partial charge in [-0.25, -0.2) is 0 Å². The monoisotopic (exact) mass is 367 g/mol. The third kappa shape index (κ3) is 3.90. The molecule has 0 atom stereocenters. The van der Waals surface area contributed by atoms with Gasteiger partial charge in [0.15, 0.2) is 0 Å². The number of hydrazine groups is 1. The van der Waals surface area contributed by atoms with Crippen molar-refractivity contribution in [2.45, 2.75) is 20.3 Å². The van der Waals surface area contributed by atoms with Crippen molar-refractivity contribution in [3.8, 4) is 0 Å². The molecule has 0 bridgehead atoms. The Kier molecular flexibility index (Phi) is 5.53. The van der Waals surface area contributed by atoms with Crippen LogP contribution < -0.4 is 10.9 Å². The maximum atomic E-state index is 12.1. The fourth-order valence-corrected chi connectivity index (χ4v) is 3.24. The number of aryl methyl sites for hydroxylation is 2. The van der Waals surface area contributed by atoms with Gasteiger partial charge in [0.05, 0.1) is 20.4 Å². The second-order valence-electron chi connectivity index (χ2n) is 4.90. The summed E-state index contributed by atoms with van der Waals surface area (Å²) in [6, 6.07) is 5.24. The number of halogens is 1. The number of hydrogen-bond donors (Lipinski definition) is 2. The molecular weight excluding hydrogens is 354 g/mol. The van der Waals surface area contributed by atoms with E-state index < -0.39 is 16.7 Å². The summed E-state index contributed by atoms with van der Waals surface area (Å²) in [6.45, 7) is 3.90. The summed E-state index contributed by atoms with van der Waals surface area (Å²) in [5.41, 5.74) is 5.15. The van der Waals surface area contributed by atoms with Gasteiger partial charge in [0.25, 0.3) is 17.5 Å². The van der Waals surface area contributed by atoms with Crippen LogP contribution in [-0.2, 0) is 6.42 Å². The summed E-state index contributed by atoms with van der Waals surface area (Å²) in [7, 11) is 0. The molecule has 126 valence electrons. The molecule has 24 heavy (non-hydrogen) atoms. The Labute approximate surface area is 146 Å². The number of hydrogen-bond acceptors (Lipinski definition) is 5. The summed E-state index contributed by atoms with van der Waals surface area (Å²) in [6.07, 6.45) is 0.819. The number of non-ortho nitro benzene ring substituents is 1. The Morgan fingerprint density at radius 3 is 2.50 bits per heavy atom. The molecule has 0 saturated carbocycles. The number of nitrogens with zero attached hydrogens (tertiary/aromatic N) is 1. The van der Waals surface area contributed by atoms with Crippen molar-refractivity contribution in [1.29, 1.82) is 0 Å². The minimum absolute atomic E-state index is 0.0487. The second-order valence-corrected chi connectivity index (χ2v) is 6.44. The number of carbonyl (C=O) groups excluding carboxylic acids is 2. The third-order valence-electron chi connectivity index (χ3n) is 3.26. The molecule has 0 spiro atoms. The van der Waals surface area contributed by atoms with Crippen molar-refractivity contribution < 1.29 is 14.5 Å². The third-order valence-corrected chi connectivity index (χ3v) is 4.97. The first-order chi connectivity index (χ1) is 11.3. The lowest BCUT2D eigenvalue weighted by Crippen LogP contribution is -2.41. The van der Waals surface area contributed by atoms with E-state index in [4.69, 9.17) is 11.6 Å². The van der Waals surface area contributed by atoms with Gasteiger partial charge in [-0.05, 0) is 31.0 Å². The molecule has 1 aromatic heterocycles. The molecule has 0 saturated heterocycles. The normalized spacial score (nSPS) is 10.3. The highest BCUT2D eigenvalue weighted by atomic mass is 35.5. The Hall–Kier alpha value is -2.45. The molecule has 0 aliphatic heterocycles. The van der Waals surface area contributed by atoms with E-state index in [0.717, 1.165) is 22.9 Å². The fraction of sp³-hybridized carbons (Fsp3) is 0.200. The average molecular weight is 368 g/mol. The van der Waals surface area contributed by atoms with Gasteiger partial charge in [0, 0.05) is 17.0 Å². The number of amides is 2. The van der Waals surface area contributed by atoms with E-state index in [0.29, 0.717) is 4.88 Å². The lowest BCUT2D eigenvalue weighted by Gasteiger charge is -2.07. The average Bonchev–Trinajstić information content (AvgIpc) is 2.93. The highest BCUT2D eigenvalue weighted by Gasteiger charge is 2.17. The van der Waals surface area contributed by atoms with Gasteiger partial charge in [-0.15, -0.1) is 11.3 Å². The van der Waals surface area contributed by atoms with Crippen molar-refractivity contribution in [1.82, 2.24) is 10.9 Å². The van der Waals surface area contributed by atoms with Crippen LogP contribution in [0.25, 0.3) is 0 Å². The maximum Gasteiger partial charge on any atom is 0.279 e. The molecule has 9 heteroatoms. The highest BCUT2D eigenvalue weighted by molar-refractivity contribution is 7.14. The first kappa shape index (κ1) is 17.9. The van der Waals surface area contributed by atoms with Crippen LogP contribution in [-0.4, -0.2) is 16.7 Å². The van der Waals surface area contributed by atoms with E-state index in [-0.39, 0.29) is 16.3 Å². The molecule has 0 radical (unpaired) electrons. The van der Waals surface area contributed by atoms with E-state index in [1.165, 1.54) is 23.5 Å². The van der Waals surface area contributed by atoms with Crippen LogP contribution >= 0.6 is 22.9 Å². The van der Waals surface area contributed by atoms with Crippen molar-refractivity contribution in [3.63, 3.8) is 0 Å². The number of benzene rings is 1. The first-order valence-corrected chi connectivity index (χ1v) is 8.16. The molecule has 0 unspecified atom stereocenters. The van der Waals surface area contributed by atoms with Gasteiger partial charge in [-0.1, -0.05) is 18.5 Å². The molecular formula is C15H14ClN3O4S. The van der Waals surface area contributed by atoms with E-state index in [1.54, 1.807) is 6.07 Å². The van der Waals surface area contributed by atoms with Crippen molar-refractivity contribution in [2.75, 3.05) is 0 Å². The molecule has 2 amide bonds. The topological polar surface area (TPSA) is 101 Å². The van der Waals surface area contributed by atoms with Crippen molar-refractivity contribution in [3.05, 3.63) is 60.3 Å². The molecule has 0 fully saturated rings. The number of rotatable bonds is 4. The summed E-state index contributed by atoms with van der Waals surface area (Å²) >= 11 is 7.22. The zero-order valence-electron chi connectivity index (χ0n) is 12.9. The number of thiophene rings is 1. The van der Waals surface area contributed by atoms with Crippen molar-refractivity contribution in [2.24, 2.45) is 0 Å². The molecule has 2 rings (SSSR count). The summed E-state index contributed by atoms with van der Waals surface area (Å²) in [5, 5.41) is 10.8. The zero-order chi connectivity index (χ0) is 17.9. The summed E-state index contributed by atoms with van der Waals surface area (Å²) in [5.74, 6) is -1.20. The highest BCUT2D eigenvalue weighted by Crippen LogP contribution is 2.23. The lowest BCUT2D eigenvalue weighted by atomic mass is 10.2. The van der Waals surface area contributed by atoms with Crippen LogP contribution in [0.1, 0.15) is 37.4 Å². The minimum atomic E-state index is -0.735. The molecule has 2 aromatic rings. The molecule has 0 aliphatic rings. The maximum absolute atomic E-state index is 12.1. The molecule has 1 heterocycles. The molecule has 1 aromatic carbocycles. The summed E-state index contributed by atoms with van der Waals surface area (Å²) < 4.78 is 0. The Morgan fingerprint density at radius 1 is 1.25 bits per heavy atom. The number of carbonyl (C=O) groups is 2. The molecule has 7 nitrogen and oxygen atoms in total. The number of nitrogens with one attached hydrogen (secondary N) is 2. The van der Waals surface area contributed by atoms with Crippen LogP contribution in [0.5, 0.6) is 0 Å². The lowest BCUT2D eigenvalue weighted by molar-refractivity contribution is -0.384. The van der Waals surface area contributed by atoms with E-state index in [2.05, 4.69) is 10.9 Å². The predicted octanol–water partition coefficient (Wildman–Crippen LogP) is 3.26. The zero-order valence-corrected chi connectivity index (χ0v) is 14.5. The quantitative estimate of drug-likeness (QED) is 0.639. The Balaban J connectivity index is 2.08. The predicted molar refractivity (Wildman–Crippen MR) is 91.5 cm³/mol. The number of nitro benzene ring substituents is 1. The van der Waals surface area contributed by atoms with Gasteiger partial charge < -0.3 is 0 Å². The standard InChI is InChI=1S/C15H14ClN3O4S/c1-3-12-8(2)6-13(24-12)15(21)18-17-14(20)10-7-9(19(22)23)4-5-11(10)16/h4-7H,3H2,1-2H3,(H,17,20)(H,18,21). The van der Waals surface area contributed by atoms with Gasteiger partial charge in [0.2, 0.25) is 0 Å². The Bertz CT molecular complexity index is 819. The number of nitro groups is 1. The van der Waals surface area contributed by atoms with Gasteiger partial charge in [-0.2, -0.15) is 0 Å². The van der Waals surface area contributed by atoms with E-state index in [9.17, 15) is 19.7 Å². The van der Waals surface area contributed by atoms with Crippen LogP contribution in [0.3, 0.4) is 0 Å². The SMILES string of the molecule is CCc1sc(C(=O)NNC(=O)c2cc([N+](=O)[O-])ccc2Cl)cc1C. The molecule has 2 N–H and O–H groups in total. The van der Waals surface area contributed by atoms with Crippen LogP contribution in [0.15, 0.2) is 24.3 Å². The Morgan fingerprint density at radius 2 is 1.92 bits per heavy atom. The summed E-state index contributed by atoms with van der Waals surface area (Å²) in [4.78, 5) is 35.8. The van der Waals surface area contributed by atoms with Crippen LogP contribution in [0.4, 0.5) is 5.69 Å².